The molecule has 2 heteroatoms. The highest BCUT2D eigenvalue weighted by Crippen LogP contribution is 1.95. The summed E-state index contributed by atoms with van der Waals surface area (Å²) in [6.45, 7) is 8.58. The second-order valence-corrected chi connectivity index (χ2v) is 3.47. The Balaban J connectivity index is 3.10. The fourth-order valence-corrected chi connectivity index (χ4v) is 0.806. The van der Waals surface area contributed by atoms with Gasteiger partial charge in [-0.05, 0) is 18.9 Å². The van der Waals surface area contributed by atoms with Gasteiger partial charge in [-0.3, -0.25) is 0 Å². The van der Waals surface area contributed by atoms with Crippen molar-refractivity contribution in [1.82, 2.24) is 5.32 Å². The molecule has 0 heterocycles. The topological polar surface area (TPSA) is 38.0 Å². The van der Waals surface area contributed by atoms with Gasteiger partial charge >= 0.3 is 0 Å². The lowest BCUT2D eigenvalue weighted by molar-refractivity contribution is 0.456. The van der Waals surface area contributed by atoms with E-state index in [-0.39, 0.29) is 0 Å². The Morgan fingerprint density at radius 2 is 2.00 bits per heavy atom. The summed E-state index contributed by atoms with van der Waals surface area (Å²) in [7, 11) is 0. The number of hydrogen-bond donors (Lipinski definition) is 2. The van der Waals surface area contributed by atoms with Crippen molar-refractivity contribution in [2.24, 2.45) is 11.7 Å². The zero-order valence-electron chi connectivity index (χ0n) is 8.06. The van der Waals surface area contributed by atoms with E-state index in [9.17, 15) is 0 Å². The molecule has 0 radical (unpaired) electrons. The van der Waals surface area contributed by atoms with Crippen LogP contribution in [0, 0.1) is 5.92 Å². The molecule has 0 rings (SSSR count). The van der Waals surface area contributed by atoms with Gasteiger partial charge in [0, 0.05) is 12.6 Å². The molecular weight excluding hydrogens is 136 g/mol. The van der Waals surface area contributed by atoms with Crippen molar-refractivity contribution < 1.29 is 0 Å². The summed E-state index contributed by atoms with van der Waals surface area (Å²) in [5.41, 5.74) is 5.84. The van der Waals surface area contributed by atoms with Gasteiger partial charge in [0.05, 0.1) is 0 Å². The highest BCUT2D eigenvalue weighted by molar-refractivity contribution is 4.67. The Labute approximate surface area is 70.5 Å². The predicted molar refractivity (Wildman–Crippen MR) is 50.6 cm³/mol. The molecule has 0 aromatic rings. The first-order valence-electron chi connectivity index (χ1n) is 4.64. The third-order valence-corrected chi connectivity index (χ3v) is 1.94. The van der Waals surface area contributed by atoms with Crippen LogP contribution in [0.1, 0.15) is 33.6 Å². The van der Waals surface area contributed by atoms with E-state index in [0.717, 1.165) is 13.1 Å². The zero-order chi connectivity index (χ0) is 8.69. The highest BCUT2D eigenvalue weighted by atomic mass is 14.9. The van der Waals surface area contributed by atoms with Gasteiger partial charge < -0.3 is 11.1 Å². The summed E-state index contributed by atoms with van der Waals surface area (Å²) in [6, 6.07) is 0.312. The third kappa shape index (κ3) is 6.32. The van der Waals surface area contributed by atoms with Crippen LogP contribution in [0.5, 0.6) is 0 Å². The van der Waals surface area contributed by atoms with E-state index in [1.165, 1.54) is 12.8 Å². The molecule has 0 saturated heterocycles. The Morgan fingerprint density at radius 1 is 1.36 bits per heavy atom. The summed E-state index contributed by atoms with van der Waals surface area (Å²) in [5.74, 6) is 0.587. The van der Waals surface area contributed by atoms with E-state index in [0.29, 0.717) is 12.0 Å². The van der Waals surface area contributed by atoms with Crippen molar-refractivity contribution >= 4 is 0 Å². The molecule has 0 aliphatic rings. The van der Waals surface area contributed by atoms with Gasteiger partial charge in [-0.25, -0.2) is 0 Å². The van der Waals surface area contributed by atoms with Crippen LogP contribution in [0.15, 0.2) is 0 Å². The molecule has 68 valence electrons. The van der Waals surface area contributed by atoms with Crippen molar-refractivity contribution in [3.63, 3.8) is 0 Å². The standard InChI is InChI=1S/C9H22N2/c1-4-5-6-11-7-9(10)8(2)3/h8-9,11H,4-7,10H2,1-3H3/t9-/m1/s1. The normalized spacial score (nSPS) is 13.9. The molecule has 0 amide bonds. The molecule has 0 aliphatic carbocycles. The zero-order valence-corrected chi connectivity index (χ0v) is 8.06. The molecular formula is C9H22N2. The van der Waals surface area contributed by atoms with Crippen molar-refractivity contribution in [1.29, 1.82) is 0 Å². The van der Waals surface area contributed by atoms with Gasteiger partial charge in [0.2, 0.25) is 0 Å². The predicted octanol–water partition coefficient (Wildman–Crippen LogP) is 1.36. The van der Waals surface area contributed by atoms with Crippen LogP contribution in [0.25, 0.3) is 0 Å². The van der Waals surface area contributed by atoms with Crippen molar-refractivity contribution in [2.45, 2.75) is 39.7 Å². The minimum atomic E-state index is 0.312. The van der Waals surface area contributed by atoms with E-state index in [1.54, 1.807) is 0 Å². The van der Waals surface area contributed by atoms with E-state index >= 15 is 0 Å². The smallest absolute Gasteiger partial charge is 0.0188 e. The Bertz CT molecular complexity index is 81.6. The molecule has 0 aliphatic heterocycles. The van der Waals surface area contributed by atoms with Crippen LogP contribution in [-0.2, 0) is 0 Å². The van der Waals surface area contributed by atoms with E-state index in [4.69, 9.17) is 5.73 Å². The van der Waals surface area contributed by atoms with Crippen molar-refractivity contribution in [2.75, 3.05) is 13.1 Å². The van der Waals surface area contributed by atoms with Gasteiger partial charge in [-0.2, -0.15) is 0 Å². The van der Waals surface area contributed by atoms with Gasteiger partial charge in [0.1, 0.15) is 0 Å². The average Bonchev–Trinajstić information content (AvgIpc) is 1.97. The van der Waals surface area contributed by atoms with Crippen LogP contribution >= 0.6 is 0 Å². The number of hydrogen-bond acceptors (Lipinski definition) is 2. The Kier molecular flexibility index (Phi) is 6.57. The minimum absolute atomic E-state index is 0.312. The maximum absolute atomic E-state index is 5.84. The fourth-order valence-electron chi connectivity index (χ4n) is 0.806. The highest BCUT2D eigenvalue weighted by Gasteiger charge is 2.05. The maximum atomic E-state index is 5.84. The van der Waals surface area contributed by atoms with Gasteiger partial charge in [0.25, 0.3) is 0 Å². The van der Waals surface area contributed by atoms with Crippen molar-refractivity contribution in [3.8, 4) is 0 Å². The van der Waals surface area contributed by atoms with Crippen LogP contribution < -0.4 is 11.1 Å². The lowest BCUT2D eigenvalue weighted by Crippen LogP contribution is -2.38. The molecule has 0 aromatic carbocycles. The summed E-state index contributed by atoms with van der Waals surface area (Å²) in [5, 5.41) is 3.34. The first-order valence-corrected chi connectivity index (χ1v) is 4.64. The fraction of sp³-hybridized carbons (Fsp3) is 1.00. The van der Waals surface area contributed by atoms with Crippen molar-refractivity contribution in [3.05, 3.63) is 0 Å². The molecule has 2 nitrogen and oxygen atoms in total. The van der Waals surface area contributed by atoms with Crippen LogP contribution in [0.4, 0.5) is 0 Å². The monoisotopic (exact) mass is 158 g/mol. The van der Waals surface area contributed by atoms with E-state index in [2.05, 4.69) is 26.1 Å². The quantitative estimate of drug-likeness (QED) is 0.573. The first kappa shape index (κ1) is 10.9. The second kappa shape index (κ2) is 6.62. The number of rotatable bonds is 6. The molecule has 3 N–H and O–H groups in total. The lowest BCUT2D eigenvalue weighted by Gasteiger charge is -2.15. The molecule has 11 heavy (non-hydrogen) atoms. The minimum Gasteiger partial charge on any atom is -0.326 e. The maximum Gasteiger partial charge on any atom is 0.0188 e. The number of nitrogens with two attached hydrogens (primary N) is 1. The summed E-state index contributed by atoms with van der Waals surface area (Å²) in [6.07, 6.45) is 2.51. The Hall–Kier alpha value is -0.0800. The summed E-state index contributed by atoms with van der Waals surface area (Å²) < 4.78 is 0. The van der Waals surface area contributed by atoms with Gasteiger partial charge in [-0.15, -0.1) is 0 Å². The summed E-state index contributed by atoms with van der Waals surface area (Å²) >= 11 is 0. The lowest BCUT2D eigenvalue weighted by atomic mass is 10.1. The number of unbranched alkanes of at least 4 members (excludes halogenated alkanes) is 1. The molecule has 0 fully saturated rings. The van der Waals surface area contributed by atoms with E-state index < -0.39 is 0 Å². The van der Waals surface area contributed by atoms with Gasteiger partial charge in [-0.1, -0.05) is 27.2 Å². The molecule has 0 spiro atoms. The largest absolute Gasteiger partial charge is 0.326 e. The SMILES string of the molecule is CCCCNC[C@@H](N)C(C)C. The summed E-state index contributed by atoms with van der Waals surface area (Å²) in [4.78, 5) is 0. The average molecular weight is 158 g/mol. The molecule has 0 bridgehead atoms. The van der Waals surface area contributed by atoms with Crippen LogP contribution in [0.2, 0.25) is 0 Å². The second-order valence-electron chi connectivity index (χ2n) is 3.47. The molecule has 0 aromatic heterocycles. The molecule has 0 saturated carbocycles. The third-order valence-electron chi connectivity index (χ3n) is 1.94. The van der Waals surface area contributed by atoms with Crippen LogP contribution in [0.3, 0.4) is 0 Å². The Morgan fingerprint density at radius 3 is 2.45 bits per heavy atom. The number of nitrogens with one attached hydrogen (secondary N) is 1. The van der Waals surface area contributed by atoms with Gasteiger partial charge in [0.15, 0.2) is 0 Å². The van der Waals surface area contributed by atoms with E-state index in [1.807, 2.05) is 0 Å². The van der Waals surface area contributed by atoms with Crippen LogP contribution in [-0.4, -0.2) is 19.1 Å². The first-order chi connectivity index (χ1) is 5.18. The molecule has 1 atom stereocenters. The molecule has 0 unspecified atom stereocenters.